The van der Waals surface area contributed by atoms with Crippen LogP contribution < -0.4 is 14.9 Å². The van der Waals surface area contributed by atoms with Crippen LogP contribution in [0.15, 0.2) is 106 Å². The first kappa shape index (κ1) is 28.4. The van der Waals surface area contributed by atoms with Crippen molar-refractivity contribution in [1.82, 2.24) is 9.13 Å². The summed E-state index contributed by atoms with van der Waals surface area (Å²) >= 11 is 1.34. The van der Waals surface area contributed by atoms with E-state index in [-0.39, 0.29) is 12.2 Å². The number of aryl methyl sites for hydroxylation is 2. The van der Waals surface area contributed by atoms with Gasteiger partial charge in [0.1, 0.15) is 0 Å². The third kappa shape index (κ3) is 5.21. The Balaban J connectivity index is 1.44. The lowest BCUT2D eigenvalue weighted by Crippen LogP contribution is -2.39. The van der Waals surface area contributed by atoms with Gasteiger partial charge in [0, 0.05) is 17.1 Å². The molecule has 1 aliphatic rings. The third-order valence-corrected chi connectivity index (χ3v) is 8.88. The molecule has 6 rings (SSSR count). The van der Waals surface area contributed by atoms with E-state index in [2.05, 4.69) is 60.9 Å². The second kappa shape index (κ2) is 11.5. The third-order valence-electron chi connectivity index (χ3n) is 7.90. The number of fused-ring (bicyclic) bond motifs is 1. The quantitative estimate of drug-likeness (QED) is 0.223. The molecule has 1 atom stereocenters. The number of carbonyl (C=O) groups is 1. The van der Waals surface area contributed by atoms with E-state index in [0.29, 0.717) is 20.6 Å². The Bertz CT molecular complexity index is 2050. The fourth-order valence-corrected chi connectivity index (χ4v) is 6.80. The van der Waals surface area contributed by atoms with Gasteiger partial charge in [0.25, 0.3) is 5.56 Å². The Morgan fingerprint density at radius 2 is 1.60 bits per heavy atom. The van der Waals surface area contributed by atoms with Gasteiger partial charge in [-0.25, -0.2) is 9.79 Å². The van der Waals surface area contributed by atoms with Crippen LogP contribution in [0.5, 0.6) is 0 Å². The lowest BCUT2D eigenvalue weighted by atomic mass is 9.95. The van der Waals surface area contributed by atoms with Gasteiger partial charge in [0.15, 0.2) is 4.80 Å². The van der Waals surface area contributed by atoms with Crippen molar-refractivity contribution in [3.8, 4) is 16.8 Å². The van der Waals surface area contributed by atoms with Crippen molar-refractivity contribution in [2.45, 2.75) is 40.7 Å². The Morgan fingerprint density at radius 3 is 2.28 bits per heavy atom. The number of esters is 1. The first-order chi connectivity index (χ1) is 20.8. The van der Waals surface area contributed by atoms with Crippen LogP contribution in [0, 0.1) is 20.8 Å². The van der Waals surface area contributed by atoms with E-state index in [0.717, 1.165) is 39.3 Å². The zero-order valence-electron chi connectivity index (χ0n) is 24.9. The highest BCUT2D eigenvalue weighted by atomic mass is 32.1. The Kier molecular flexibility index (Phi) is 7.59. The molecular formula is C36H33N3O3S. The summed E-state index contributed by atoms with van der Waals surface area (Å²) in [6.07, 6.45) is 1.94. The Hall–Kier alpha value is -4.75. The second-order valence-electron chi connectivity index (χ2n) is 10.8. The molecule has 0 saturated heterocycles. The molecule has 2 aromatic heterocycles. The largest absolute Gasteiger partial charge is 0.463 e. The van der Waals surface area contributed by atoms with E-state index in [1.165, 1.54) is 16.9 Å². The first-order valence-electron chi connectivity index (χ1n) is 14.4. The first-order valence-corrected chi connectivity index (χ1v) is 15.2. The molecule has 0 amide bonds. The maximum Gasteiger partial charge on any atom is 0.338 e. The van der Waals surface area contributed by atoms with Crippen LogP contribution in [-0.4, -0.2) is 21.7 Å². The molecule has 3 aromatic carbocycles. The summed E-state index contributed by atoms with van der Waals surface area (Å²) in [5, 5.41) is 0. The van der Waals surface area contributed by atoms with Crippen LogP contribution in [-0.2, 0) is 9.53 Å². The van der Waals surface area contributed by atoms with Crippen LogP contribution in [0.25, 0.3) is 22.9 Å². The zero-order chi connectivity index (χ0) is 30.2. The van der Waals surface area contributed by atoms with Crippen molar-refractivity contribution in [2.75, 3.05) is 6.61 Å². The van der Waals surface area contributed by atoms with Crippen molar-refractivity contribution in [2.24, 2.45) is 4.99 Å². The molecule has 216 valence electrons. The number of allylic oxidation sites excluding steroid dienone is 1. The van der Waals surface area contributed by atoms with Gasteiger partial charge in [-0.15, -0.1) is 0 Å². The summed E-state index contributed by atoms with van der Waals surface area (Å²) in [6.45, 7) is 9.98. The van der Waals surface area contributed by atoms with E-state index < -0.39 is 12.0 Å². The van der Waals surface area contributed by atoms with Gasteiger partial charge in [-0.2, -0.15) is 0 Å². The van der Waals surface area contributed by atoms with Crippen LogP contribution in [0.1, 0.15) is 48.0 Å². The van der Waals surface area contributed by atoms with Gasteiger partial charge in [-0.3, -0.25) is 9.36 Å². The molecule has 5 aromatic rings. The van der Waals surface area contributed by atoms with Gasteiger partial charge in [-0.1, -0.05) is 83.6 Å². The van der Waals surface area contributed by atoms with Gasteiger partial charge in [0.2, 0.25) is 0 Å². The maximum absolute atomic E-state index is 14.0. The van der Waals surface area contributed by atoms with Crippen LogP contribution in [0.4, 0.5) is 0 Å². The molecule has 0 unspecified atom stereocenters. The summed E-state index contributed by atoms with van der Waals surface area (Å²) in [6, 6.07) is 28.2. The second-order valence-corrected chi connectivity index (χ2v) is 11.8. The standard InChI is InChI=1S/C36H33N3O3S/c1-6-42-35(41)32-24(4)37-36-39(33(32)28-14-12-22(2)13-15-28)34(40)31(43-36)21-29-20-23(3)38(25(29)5)30-18-16-27(17-19-30)26-10-8-7-9-11-26/h7-21,33H,6H2,1-5H3/b31-21-/t33-/m1/s1. The number of ether oxygens (including phenoxy) is 1. The highest BCUT2D eigenvalue weighted by molar-refractivity contribution is 7.07. The number of thiazole rings is 1. The average molecular weight is 588 g/mol. The topological polar surface area (TPSA) is 65.6 Å². The van der Waals surface area contributed by atoms with Crippen LogP contribution >= 0.6 is 11.3 Å². The summed E-state index contributed by atoms with van der Waals surface area (Å²) < 4.78 is 9.82. The van der Waals surface area contributed by atoms with Crippen LogP contribution in [0.3, 0.4) is 0 Å². The number of hydrogen-bond donors (Lipinski definition) is 0. The number of carbonyl (C=O) groups excluding carboxylic acids is 1. The predicted molar refractivity (Wildman–Crippen MR) is 172 cm³/mol. The molecule has 7 heteroatoms. The lowest BCUT2D eigenvalue weighted by Gasteiger charge is -2.24. The molecule has 0 aliphatic carbocycles. The van der Waals surface area contributed by atoms with Crippen molar-refractivity contribution in [3.05, 3.63) is 144 Å². The van der Waals surface area contributed by atoms with Crippen molar-refractivity contribution < 1.29 is 9.53 Å². The molecule has 6 nitrogen and oxygen atoms in total. The molecule has 0 saturated carbocycles. The molecular weight excluding hydrogens is 554 g/mol. The minimum Gasteiger partial charge on any atom is -0.463 e. The van der Waals surface area contributed by atoms with Gasteiger partial charge < -0.3 is 9.30 Å². The van der Waals surface area contributed by atoms with Crippen molar-refractivity contribution in [3.63, 3.8) is 0 Å². The van der Waals surface area contributed by atoms with E-state index in [1.54, 1.807) is 18.4 Å². The molecule has 0 bridgehead atoms. The Morgan fingerprint density at radius 1 is 0.930 bits per heavy atom. The zero-order valence-corrected chi connectivity index (χ0v) is 25.7. The molecule has 0 radical (unpaired) electrons. The van der Waals surface area contributed by atoms with Gasteiger partial charge in [-0.05, 0) is 81.1 Å². The molecule has 0 N–H and O–H groups in total. The monoisotopic (exact) mass is 587 g/mol. The fourth-order valence-electron chi connectivity index (χ4n) is 5.76. The molecule has 43 heavy (non-hydrogen) atoms. The highest BCUT2D eigenvalue weighted by Crippen LogP contribution is 2.31. The van der Waals surface area contributed by atoms with Crippen molar-refractivity contribution >= 4 is 23.4 Å². The normalized spacial score (nSPS) is 14.9. The summed E-state index contributed by atoms with van der Waals surface area (Å²) in [4.78, 5) is 32.5. The number of aromatic nitrogens is 2. The van der Waals surface area contributed by atoms with Crippen LogP contribution in [0.2, 0.25) is 0 Å². The summed E-state index contributed by atoms with van der Waals surface area (Å²) in [5.41, 5.74) is 9.18. The van der Waals surface area contributed by atoms with Crippen molar-refractivity contribution in [1.29, 1.82) is 0 Å². The molecule has 1 aliphatic heterocycles. The number of hydrogen-bond acceptors (Lipinski definition) is 5. The minimum absolute atomic E-state index is 0.180. The predicted octanol–water partition coefficient (Wildman–Crippen LogP) is 6.18. The lowest BCUT2D eigenvalue weighted by molar-refractivity contribution is -0.139. The number of rotatable bonds is 6. The van der Waals surface area contributed by atoms with E-state index >= 15 is 0 Å². The minimum atomic E-state index is -0.617. The molecule has 0 spiro atoms. The maximum atomic E-state index is 14.0. The average Bonchev–Trinajstić information content (AvgIpc) is 3.46. The number of nitrogens with zero attached hydrogens (tertiary/aromatic N) is 3. The SMILES string of the molecule is CCOC(=O)C1=C(C)N=c2s/c(=C\c3cc(C)n(-c4ccc(-c5ccccc5)cc4)c3C)c(=O)n2[C@@H]1c1ccc(C)cc1. The fraction of sp³-hybridized carbons (Fsp3) is 0.194. The summed E-state index contributed by atoms with van der Waals surface area (Å²) in [5.74, 6) is -0.453. The summed E-state index contributed by atoms with van der Waals surface area (Å²) in [7, 11) is 0. The van der Waals surface area contributed by atoms with E-state index in [9.17, 15) is 9.59 Å². The van der Waals surface area contributed by atoms with E-state index in [1.807, 2.05) is 55.5 Å². The number of benzene rings is 3. The highest BCUT2D eigenvalue weighted by Gasteiger charge is 2.33. The Labute approximate surface area is 254 Å². The van der Waals surface area contributed by atoms with Gasteiger partial charge in [0.05, 0.1) is 28.5 Å². The molecule has 3 heterocycles. The smallest absolute Gasteiger partial charge is 0.338 e. The van der Waals surface area contributed by atoms with E-state index in [4.69, 9.17) is 9.73 Å². The molecule has 0 fully saturated rings. The van der Waals surface area contributed by atoms with Gasteiger partial charge >= 0.3 is 5.97 Å².